The molecule has 1 amide bonds. The van der Waals surface area contributed by atoms with Crippen LogP contribution in [0.3, 0.4) is 0 Å². The van der Waals surface area contributed by atoms with Crippen LogP contribution in [0.4, 0.5) is 4.48 Å². The number of carboxylic acids is 1. The summed E-state index contributed by atoms with van der Waals surface area (Å²) in [6, 6.07) is 12.5. The lowest BCUT2D eigenvalue weighted by atomic mass is 9.89. The van der Waals surface area contributed by atoms with Crippen LogP contribution in [-0.4, -0.2) is 46.5 Å². The van der Waals surface area contributed by atoms with Crippen molar-refractivity contribution < 1.29 is 19.2 Å². The molecule has 0 fully saturated rings. The van der Waals surface area contributed by atoms with E-state index in [9.17, 15) is 19.2 Å². The van der Waals surface area contributed by atoms with Crippen LogP contribution in [0.5, 0.6) is 0 Å². The van der Waals surface area contributed by atoms with E-state index >= 15 is 0 Å². The highest BCUT2D eigenvalue weighted by atomic mass is 19.2. The van der Waals surface area contributed by atoms with Gasteiger partial charge in [-0.15, -0.1) is 4.48 Å². The number of hydrogen-bond acceptors (Lipinski definition) is 4. The maximum absolute atomic E-state index is 12.2. The molecule has 0 radical (unpaired) electrons. The van der Waals surface area contributed by atoms with E-state index in [-0.39, 0.29) is 19.0 Å². The van der Waals surface area contributed by atoms with Crippen LogP contribution in [0, 0.1) is 0 Å². The van der Waals surface area contributed by atoms with Crippen molar-refractivity contribution in [1.29, 1.82) is 0 Å². The predicted molar refractivity (Wildman–Crippen MR) is 90.7 cm³/mol. The van der Waals surface area contributed by atoms with Gasteiger partial charge in [0.25, 0.3) is 5.91 Å². The Morgan fingerprint density at radius 1 is 1.24 bits per heavy atom. The number of carbonyl (C=O) groups is 2. The molecule has 0 unspecified atom stereocenters. The first kappa shape index (κ1) is 18.5. The quantitative estimate of drug-likeness (QED) is 0.642. The summed E-state index contributed by atoms with van der Waals surface area (Å²) in [5, 5.41) is 9.25. The van der Waals surface area contributed by atoms with Gasteiger partial charge in [-0.2, -0.15) is 5.54 Å². The standard InChI is InChI=1S/C13H15FN2O3.C5H5N/c14-15-6-3-7-16-8-11(13(18)19)9-4-1-2-5-10(9)12(16)17;1-2-4-6-5-3-1/h1-2,4-5,11,15H,3,6-8H2,(H,18,19);1-5H/t11-;/m1./s1. The lowest BCUT2D eigenvalue weighted by molar-refractivity contribution is -0.139. The molecular formula is C18H20FN3O3. The highest BCUT2D eigenvalue weighted by Gasteiger charge is 2.34. The van der Waals surface area contributed by atoms with Gasteiger partial charge in [-0.1, -0.05) is 24.3 Å². The summed E-state index contributed by atoms with van der Waals surface area (Å²) in [5.74, 6) is -1.85. The Labute approximate surface area is 145 Å². The largest absolute Gasteiger partial charge is 0.481 e. The van der Waals surface area contributed by atoms with Gasteiger partial charge in [0.1, 0.15) is 5.92 Å². The number of pyridine rings is 1. The number of fused-ring (bicyclic) bond motifs is 1. The van der Waals surface area contributed by atoms with Gasteiger partial charge in [0.2, 0.25) is 0 Å². The van der Waals surface area contributed by atoms with Crippen molar-refractivity contribution in [2.75, 3.05) is 19.6 Å². The molecular weight excluding hydrogens is 325 g/mol. The number of amides is 1. The summed E-state index contributed by atoms with van der Waals surface area (Å²) in [6.45, 7) is 0.620. The zero-order chi connectivity index (χ0) is 18.1. The number of aliphatic carboxylic acids is 1. The molecule has 2 heterocycles. The Hall–Kier alpha value is -2.80. The molecule has 0 bridgehead atoms. The fourth-order valence-electron chi connectivity index (χ4n) is 2.62. The molecule has 0 spiro atoms. The number of rotatable bonds is 5. The summed E-state index contributed by atoms with van der Waals surface area (Å²) in [6.07, 6.45) is 3.94. The van der Waals surface area contributed by atoms with Gasteiger partial charge in [0, 0.05) is 37.6 Å². The number of halogens is 1. The van der Waals surface area contributed by atoms with Crippen LogP contribution in [0.2, 0.25) is 0 Å². The molecule has 1 aliphatic rings. The van der Waals surface area contributed by atoms with Gasteiger partial charge in [0.15, 0.2) is 0 Å². The van der Waals surface area contributed by atoms with Crippen LogP contribution in [0.25, 0.3) is 0 Å². The molecule has 2 N–H and O–H groups in total. The van der Waals surface area contributed by atoms with E-state index in [1.165, 1.54) is 10.4 Å². The number of carbonyl (C=O) groups excluding carboxylic acids is 1. The van der Waals surface area contributed by atoms with Crippen molar-refractivity contribution in [3.05, 3.63) is 66.0 Å². The fourth-order valence-corrected chi connectivity index (χ4v) is 2.62. The third-order valence-electron chi connectivity index (χ3n) is 3.82. The van der Waals surface area contributed by atoms with E-state index in [4.69, 9.17) is 0 Å². The summed E-state index contributed by atoms with van der Waals surface area (Å²) in [7, 11) is 0. The molecule has 0 aliphatic carbocycles. The number of carboxylic acid groups (broad SMARTS) is 1. The summed E-state index contributed by atoms with van der Waals surface area (Å²) < 4.78 is 11.8. The first-order chi connectivity index (χ1) is 12.1. The van der Waals surface area contributed by atoms with E-state index in [1.807, 2.05) is 18.2 Å². The average molecular weight is 345 g/mol. The van der Waals surface area contributed by atoms with E-state index in [0.717, 1.165) is 0 Å². The Balaban J connectivity index is 0.000000316. The number of aromatic nitrogens is 1. The molecule has 0 saturated heterocycles. The van der Waals surface area contributed by atoms with Crippen LogP contribution < -0.4 is 5.54 Å². The highest BCUT2D eigenvalue weighted by molar-refractivity contribution is 5.99. The van der Waals surface area contributed by atoms with Crippen LogP contribution in [-0.2, 0) is 4.79 Å². The molecule has 1 aromatic carbocycles. The minimum absolute atomic E-state index is 0.136. The zero-order valence-corrected chi connectivity index (χ0v) is 13.6. The Bertz CT molecular complexity index is 670. The van der Waals surface area contributed by atoms with Gasteiger partial charge in [-0.25, -0.2) is 0 Å². The van der Waals surface area contributed by atoms with Crippen LogP contribution in [0.1, 0.15) is 28.3 Å². The summed E-state index contributed by atoms with van der Waals surface area (Å²) >= 11 is 0. The third-order valence-corrected chi connectivity index (χ3v) is 3.82. The molecule has 3 rings (SSSR count). The number of hydrogen-bond donors (Lipinski definition) is 2. The van der Waals surface area contributed by atoms with Crippen molar-refractivity contribution in [3.63, 3.8) is 0 Å². The Morgan fingerprint density at radius 2 is 1.96 bits per heavy atom. The molecule has 7 heteroatoms. The second-order valence-corrected chi connectivity index (χ2v) is 5.49. The average Bonchev–Trinajstić information content (AvgIpc) is 2.65. The van der Waals surface area contributed by atoms with Crippen LogP contribution >= 0.6 is 0 Å². The van der Waals surface area contributed by atoms with E-state index in [0.29, 0.717) is 24.1 Å². The van der Waals surface area contributed by atoms with E-state index in [2.05, 4.69) is 4.98 Å². The van der Waals surface area contributed by atoms with Crippen molar-refractivity contribution in [1.82, 2.24) is 15.4 Å². The molecule has 6 nitrogen and oxygen atoms in total. The minimum Gasteiger partial charge on any atom is -0.481 e. The molecule has 1 aromatic heterocycles. The number of nitrogens with one attached hydrogen (secondary N) is 1. The topological polar surface area (TPSA) is 82.5 Å². The van der Waals surface area contributed by atoms with Gasteiger partial charge in [-0.05, 0) is 30.2 Å². The molecule has 132 valence electrons. The van der Waals surface area contributed by atoms with E-state index in [1.54, 1.807) is 36.7 Å². The second kappa shape index (κ2) is 9.48. The monoisotopic (exact) mass is 345 g/mol. The fraction of sp³-hybridized carbons (Fsp3) is 0.278. The van der Waals surface area contributed by atoms with E-state index < -0.39 is 11.9 Å². The van der Waals surface area contributed by atoms with Crippen molar-refractivity contribution in [2.24, 2.45) is 0 Å². The zero-order valence-electron chi connectivity index (χ0n) is 13.6. The summed E-state index contributed by atoms with van der Waals surface area (Å²) in [4.78, 5) is 28.7. The van der Waals surface area contributed by atoms with Crippen molar-refractivity contribution in [3.8, 4) is 0 Å². The maximum atomic E-state index is 12.2. The third kappa shape index (κ3) is 5.09. The highest BCUT2D eigenvalue weighted by Crippen LogP contribution is 2.28. The molecule has 2 aromatic rings. The summed E-state index contributed by atoms with van der Waals surface area (Å²) in [5.41, 5.74) is 2.50. The smallest absolute Gasteiger partial charge is 0.312 e. The van der Waals surface area contributed by atoms with Gasteiger partial charge < -0.3 is 10.0 Å². The molecule has 25 heavy (non-hydrogen) atoms. The predicted octanol–water partition coefficient (Wildman–Crippen LogP) is 2.26. The molecule has 0 saturated carbocycles. The number of benzene rings is 1. The lowest BCUT2D eigenvalue weighted by Gasteiger charge is -2.32. The van der Waals surface area contributed by atoms with Crippen LogP contribution in [0.15, 0.2) is 54.9 Å². The lowest BCUT2D eigenvalue weighted by Crippen LogP contribution is -2.43. The number of nitrogens with zero attached hydrogens (tertiary/aromatic N) is 2. The SMILES string of the molecule is O=C(O)[C@@H]1CN(CCCNF)C(=O)c2ccccc21.c1ccncc1. The normalized spacial score (nSPS) is 15.8. The van der Waals surface area contributed by atoms with Crippen molar-refractivity contribution >= 4 is 11.9 Å². The van der Waals surface area contributed by atoms with Gasteiger partial charge in [-0.3, -0.25) is 14.6 Å². The second-order valence-electron chi connectivity index (χ2n) is 5.49. The van der Waals surface area contributed by atoms with Gasteiger partial charge >= 0.3 is 5.97 Å². The van der Waals surface area contributed by atoms with Crippen molar-refractivity contribution in [2.45, 2.75) is 12.3 Å². The Kier molecular flexibility index (Phi) is 7.03. The van der Waals surface area contributed by atoms with Gasteiger partial charge in [0.05, 0.1) is 0 Å². The minimum atomic E-state index is -0.950. The Morgan fingerprint density at radius 3 is 2.52 bits per heavy atom. The first-order valence-electron chi connectivity index (χ1n) is 7.94. The molecule has 1 atom stereocenters. The first-order valence-corrected chi connectivity index (χ1v) is 7.94. The molecule has 1 aliphatic heterocycles. The maximum Gasteiger partial charge on any atom is 0.312 e.